The molecule has 2 aliphatic carbocycles. The van der Waals surface area contributed by atoms with E-state index in [4.69, 9.17) is 9.97 Å². The average molecular weight is 447 g/mol. The minimum Gasteiger partial charge on any atom is -0.274 e. The fourth-order valence-electron chi connectivity index (χ4n) is 6.45. The lowest BCUT2D eigenvalue weighted by atomic mass is 9.96. The maximum Gasteiger partial charge on any atom is 0.165 e. The number of aromatic nitrogens is 4. The molecule has 4 heterocycles. The average Bonchev–Trinajstić information content (AvgIpc) is 3.59. The van der Waals surface area contributed by atoms with Crippen LogP contribution in [0.5, 0.6) is 0 Å². The second kappa shape index (κ2) is 6.10. The summed E-state index contributed by atoms with van der Waals surface area (Å²) in [6, 6.07) is 26.3. The van der Waals surface area contributed by atoms with Gasteiger partial charge in [0, 0.05) is 23.2 Å². The Morgan fingerprint density at radius 2 is 1.40 bits per heavy atom. The molecule has 0 bridgehead atoms. The van der Waals surface area contributed by atoms with Gasteiger partial charge in [0.2, 0.25) is 0 Å². The predicted octanol–water partition coefficient (Wildman–Crippen LogP) is 6.73. The highest BCUT2D eigenvalue weighted by atomic mass is 15.1. The molecule has 4 aromatic heterocycles. The lowest BCUT2D eigenvalue weighted by Gasteiger charge is -2.10. The third kappa shape index (κ3) is 2.15. The minimum absolute atomic E-state index is 0.874. The van der Waals surface area contributed by atoms with E-state index in [1.54, 1.807) is 0 Å². The van der Waals surface area contributed by atoms with E-state index >= 15 is 0 Å². The van der Waals surface area contributed by atoms with Gasteiger partial charge in [-0.05, 0) is 93.7 Å². The van der Waals surface area contributed by atoms with Crippen molar-refractivity contribution in [3.63, 3.8) is 0 Å². The Balaban J connectivity index is 1.38. The van der Waals surface area contributed by atoms with Crippen molar-refractivity contribution in [2.75, 3.05) is 0 Å². The smallest absolute Gasteiger partial charge is 0.165 e. The van der Waals surface area contributed by atoms with E-state index in [0.29, 0.717) is 0 Å². The van der Waals surface area contributed by atoms with Crippen molar-refractivity contribution in [3.8, 4) is 22.3 Å². The number of hydrogen-bond donors (Lipinski definition) is 0. The number of hydrogen-bond acceptors (Lipinski definition) is 3. The molecule has 0 N–H and O–H groups in total. The molecule has 35 heavy (non-hydrogen) atoms. The van der Waals surface area contributed by atoms with Crippen molar-refractivity contribution in [3.05, 3.63) is 107 Å². The van der Waals surface area contributed by atoms with Crippen LogP contribution in [0.15, 0.2) is 85.2 Å². The zero-order chi connectivity index (χ0) is 22.7. The fourth-order valence-corrected chi connectivity index (χ4v) is 6.45. The molecule has 3 aromatic carbocycles. The van der Waals surface area contributed by atoms with E-state index in [0.717, 1.165) is 51.5 Å². The first kappa shape index (κ1) is 17.8. The van der Waals surface area contributed by atoms with Crippen LogP contribution >= 0.6 is 0 Å². The minimum atomic E-state index is 0.874. The number of imidazole rings is 1. The Bertz CT molecular complexity index is 2070. The molecule has 2 aliphatic rings. The molecule has 7 aromatic rings. The summed E-state index contributed by atoms with van der Waals surface area (Å²) in [5.74, 6) is 0. The Kier molecular flexibility index (Phi) is 3.11. The predicted molar refractivity (Wildman–Crippen MR) is 140 cm³/mol. The molecule has 0 unspecified atom stereocenters. The maximum atomic E-state index is 5.03. The van der Waals surface area contributed by atoms with Crippen LogP contribution in [0.2, 0.25) is 0 Å². The number of fused-ring (bicyclic) bond motifs is 15. The summed E-state index contributed by atoms with van der Waals surface area (Å²) in [4.78, 5) is 14.5. The molecule has 0 aliphatic heterocycles. The quantitative estimate of drug-likeness (QED) is 0.243. The first-order valence-electron chi connectivity index (χ1n) is 12.0. The van der Waals surface area contributed by atoms with Crippen molar-refractivity contribution < 1.29 is 0 Å². The van der Waals surface area contributed by atoms with Crippen LogP contribution in [-0.4, -0.2) is 19.4 Å². The molecule has 0 atom stereocenters. The Hall–Kier alpha value is -4.57. The van der Waals surface area contributed by atoms with Crippen LogP contribution in [0.25, 0.3) is 60.9 Å². The van der Waals surface area contributed by atoms with E-state index < -0.39 is 0 Å². The van der Waals surface area contributed by atoms with Gasteiger partial charge in [0.15, 0.2) is 5.65 Å². The zero-order valence-electron chi connectivity index (χ0n) is 18.8. The third-order valence-corrected chi connectivity index (χ3v) is 7.95. The highest BCUT2D eigenvalue weighted by molar-refractivity contribution is 6.13. The molecule has 4 nitrogen and oxygen atoms in total. The highest BCUT2D eigenvalue weighted by Crippen LogP contribution is 2.48. The van der Waals surface area contributed by atoms with Gasteiger partial charge in [-0.15, -0.1) is 0 Å². The van der Waals surface area contributed by atoms with Crippen LogP contribution in [0, 0.1) is 0 Å². The van der Waals surface area contributed by atoms with Gasteiger partial charge >= 0.3 is 0 Å². The van der Waals surface area contributed by atoms with Gasteiger partial charge in [-0.3, -0.25) is 9.38 Å². The van der Waals surface area contributed by atoms with Crippen LogP contribution in [0.1, 0.15) is 22.3 Å². The summed E-state index contributed by atoms with van der Waals surface area (Å²) in [6.07, 6.45) is 5.70. The fraction of sp³-hybridized carbons (Fsp3) is 0.0645. The van der Waals surface area contributed by atoms with Gasteiger partial charge in [0.1, 0.15) is 11.2 Å². The summed E-state index contributed by atoms with van der Waals surface area (Å²) >= 11 is 0. The van der Waals surface area contributed by atoms with Crippen LogP contribution < -0.4 is 0 Å². The molecule has 0 amide bonds. The van der Waals surface area contributed by atoms with Crippen LogP contribution in [-0.2, 0) is 12.8 Å². The lowest BCUT2D eigenvalue weighted by molar-refractivity contribution is 1.16. The molecule has 162 valence electrons. The Morgan fingerprint density at radius 3 is 2.34 bits per heavy atom. The molecular weight excluding hydrogens is 428 g/mol. The maximum absolute atomic E-state index is 5.03. The largest absolute Gasteiger partial charge is 0.274 e. The van der Waals surface area contributed by atoms with Crippen LogP contribution in [0.4, 0.5) is 0 Å². The van der Waals surface area contributed by atoms with Gasteiger partial charge in [-0.2, -0.15) is 0 Å². The summed E-state index contributed by atoms with van der Waals surface area (Å²) in [5.41, 5.74) is 16.0. The number of nitrogens with zero attached hydrogens (tertiary/aromatic N) is 4. The molecule has 4 heteroatoms. The first-order chi connectivity index (χ1) is 17.3. The van der Waals surface area contributed by atoms with Gasteiger partial charge in [-0.25, -0.2) is 9.97 Å². The van der Waals surface area contributed by atoms with Crippen molar-refractivity contribution in [2.24, 2.45) is 0 Å². The van der Waals surface area contributed by atoms with Gasteiger partial charge in [-0.1, -0.05) is 36.4 Å². The second-order valence-electron chi connectivity index (χ2n) is 9.67. The molecular formula is C31H18N4. The monoisotopic (exact) mass is 446 g/mol. The molecule has 0 radical (unpaired) electrons. The van der Waals surface area contributed by atoms with Gasteiger partial charge in [0.25, 0.3) is 0 Å². The van der Waals surface area contributed by atoms with Crippen molar-refractivity contribution >= 4 is 38.6 Å². The molecule has 0 spiro atoms. The number of benzene rings is 3. The molecule has 9 rings (SSSR count). The summed E-state index contributed by atoms with van der Waals surface area (Å²) in [6.45, 7) is 0. The Morgan fingerprint density at radius 1 is 0.600 bits per heavy atom. The second-order valence-corrected chi connectivity index (χ2v) is 9.67. The van der Waals surface area contributed by atoms with Crippen LogP contribution in [0.3, 0.4) is 0 Å². The lowest BCUT2D eigenvalue weighted by Crippen LogP contribution is -1.95. The normalized spacial score (nSPS) is 13.5. The highest BCUT2D eigenvalue weighted by Gasteiger charge is 2.29. The molecule has 0 fully saturated rings. The zero-order valence-corrected chi connectivity index (χ0v) is 18.8. The van der Waals surface area contributed by atoms with Gasteiger partial charge in [0.05, 0.1) is 11.0 Å². The summed E-state index contributed by atoms with van der Waals surface area (Å²) in [5, 5.41) is 2.29. The summed E-state index contributed by atoms with van der Waals surface area (Å²) in [7, 11) is 0. The first-order valence-corrected chi connectivity index (χ1v) is 12.0. The number of rotatable bonds is 0. The van der Waals surface area contributed by atoms with Crippen molar-refractivity contribution in [1.29, 1.82) is 0 Å². The van der Waals surface area contributed by atoms with E-state index in [1.807, 2.05) is 30.6 Å². The van der Waals surface area contributed by atoms with E-state index in [9.17, 15) is 0 Å². The molecule has 0 saturated carbocycles. The third-order valence-electron chi connectivity index (χ3n) is 7.95. The van der Waals surface area contributed by atoms with Gasteiger partial charge < -0.3 is 0 Å². The SMILES string of the molecule is c1ccc2c(c1)Cc1c-2ccc2c1Cc1cc3c(cc1-2)c1nc2cccnc2n1c1cccnc31. The van der Waals surface area contributed by atoms with Crippen molar-refractivity contribution in [1.82, 2.24) is 19.4 Å². The molecule has 0 saturated heterocycles. The topological polar surface area (TPSA) is 43.1 Å². The van der Waals surface area contributed by atoms with E-state index in [-0.39, 0.29) is 0 Å². The van der Waals surface area contributed by atoms with E-state index in [2.05, 4.69) is 64.0 Å². The Labute approximate surface area is 200 Å². The summed E-state index contributed by atoms with van der Waals surface area (Å²) < 4.78 is 2.17. The van der Waals surface area contributed by atoms with Crippen molar-refractivity contribution in [2.45, 2.75) is 12.8 Å². The van der Waals surface area contributed by atoms with E-state index in [1.165, 1.54) is 44.5 Å². The standard InChI is InChI=1S/C31H18N4/c1-2-6-19-17(5-1)13-23-20(19)9-10-21-22-16-26-25(15-18(22)14-24(21)23)29-28(8-4-11-32-29)35-30(26)34-27-7-3-12-33-31(27)35/h1-12,15-16H,13-14H2. The number of pyridine rings is 3.